The van der Waals surface area contributed by atoms with Crippen LogP contribution in [0, 0.1) is 0 Å². The fourth-order valence-corrected chi connectivity index (χ4v) is 2.87. The minimum Gasteiger partial charge on any atom is -0.493 e. The number of hydrogen-bond acceptors (Lipinski definition) is 4. The fraction of sp³-hybridized carbons (Fsp3) is 0.211. The van der Waals surface area contributed by atoms with Gasteiger partial charge in [0.25, 0.3) is 0 Å². The average molecular weight is 340 g/mol. The average Bonchev–Trinajstić information content (AvgIpc) is 3.04. The number of anilines is 1. The number of nitrogens with one attached hydrogen (secondary N) is 2. The van der Waals surface area contributed by atoms with E-state index < -0.39 is 5.97 Å². The minimum absolute atomic E-state index is 0.150. The van der Waals surface area contributed by atoms with Crippen LogP contribution in [0.2, 0.25) is 0 Å². The van der Waals surface area contributed by atoms with Crippen LogP contribution in [-0.2, 0) is 6.42 Å². The zero-order valence-electron chi connectivity index (χ0n) is 14.1. The molecule has 0 radical (unpaired) electrons. The summed E-state index contributed by atoms with van der Waals surface area (Å²) in [6, 6.07) is 11.2. The number of carbonyl (C=O) groups is 1. The molecule has 3 rings (SSSR count). The molecule has 0 aliphatic carbocycles. The van der Waals surface area contributed by atoms with Crippen LogP contribution in [0.25, 0.3) is 10.9 Å². The highest BCUT2D eigenvalue weighted by molar-refractivity contribution is 5.95. The van der Waals surface area contributed by atoms with Gasteiger partial charge in [0.1, 0.15) is 0 Å². The minimum atomic E-state index is -1.02. The van der Waals surface area contributed by atoms with Crippen LogP contribution in [0.5, 0.6) is 11.5 Å². The first-order chi connectivity index (χ1) is 12.1. The van der Waals surface area contributed by atoms with Gasteiger partial charge in [-0.25, -0.2) is 4.79 Å². The number of para-hydroxylation sites is 1. The van der Waals surface area contributed by atoms with Crippen LogP contribution in [0.1, 0.15) is 15.9 Å². The number of aromatic amines is 1. The largest absolute Gasteiger partial charge is 0.493 e. The van der Waals surface area contributed by atoms with E-state index in [0.29, 0.717) is 23.7 Å². The lowest BCUT2D eigenvalue weighted by Gasteiger charge is -2.14. The molecule has 130 valence electrons. The highest BCUT2D eigenvalue weighted by Gasteiger charge is 2.16. The summed E-state index contributed by atoms with van der Waals surface area (Å²) in [6.45, 7) is 0.595. The number of aromatic nitrogens is 1. The van der Waals surface area contributed by atoms with Crippen LogP contribution in [0.4, 0.5) is 5.69 Å². The molecule has 0 bridgehead atoms. The summed E-state index contributed by atoms with van der Waals surface area (Å²) in [5.74, 6) is -0.139. The Morgan fingerprint density at radius 1 is 1.16 bits per heavy atom. The van der Waals surface area contributed by atoms with E-state index in [1.165, 1.54) is 31.2 Å². The van der Waals surface area contributed by atoms with E-state index in [4.69, 9.17) is 9.47 Å². The van der Waals surface area contributed by atoms with E-state index >= 15 is 0 Å². The van der Waals surface area contributed by atoms with E-state index in [9.17, 15) is 9.90 Å². The Kier molecular flexibility index (Phi) is 4.79. The molecule has 0 saturated carbocycles. The summed E-state index contributed by atoms with van der Waals surface area (Å²) >= 11 is 0. The molecule has 6 heteroatoms. The predicted molar refractivity (Wildman–Crippen MR) is 97.0 cm³/mol. The summed E-state index contributed by atoms with van der Waals surface area (Å²) in [4.78, 5) is 14.8. The highest BCUT2D eigenvalue weighted by Crippen LogP contribution is 2.33. The third-order valence-electron chi connectivity index (χ3n) is 4.14. The number of fused-ring (bicyclic) bond motifs is 1. The molecule has 1 heterocycles. The van der Waals surface area contributed by atoms with E-state index in [-0.39, 0.29) is 5.56 Å². The standard InChI is InChI=1S/C19H20N2O4/c1-24-17-9-14(19(22)23)16(10-18(17)25-2)20-8-7-12-11-21-15-6-4-3-5-13(12)15/h3-6,9-11,20-21H,7-8H2,1-2H3,(H,22,23). The summed E-state index contributed by atoms with van der Waals surface area (Å²) in [5.41, 5.74) is 2.93. The quantitative estimate of drug-likeness (QED) is 0.613. The van der Waals surface area contributed by atoms with E-state index in [1.54, 1.807) is 6.07 Å². The Balaban J connectivity index is 1.79. The maximum absolute atomic E-state index is 11.5. The number of carboxylic acid groups (broad SMARTS) is 1. The van der Waals surface area contributed by atoms with Gasteiger partial charge in [-0.05, 0) is 18.1 Å². The number of H-pyrrole nitrogens is 1. The lowest BCUT2D eigenvalue weighted by atomic mass is 10.1. The van der Waals surface area contributed by atoms with Crippen LogP contribution in [-0.4, -0.2) is 36.8 Å². The van der Waals surface area contributed by atoms with E-state index in [0.717, 1.165) is 11.9 Å². The van der Waals surface area contributed by atoms with Crippen molar-refractivity contribution in [3.63, 3.8) is 0 Å². The van der Waals surface area contributed by atoms with Crippen molar-refractivity contribution in [1.82, 2.24) is 4.98 Å². The number of benzene rings is 2. The van der Waals surface area contributed by atoms with Gasteiger partial charge in [-0.1, -0.05) is 18.2 Å². The Labute approximate surface area is 145 Å². The van der Waals surface area contributed by atoms with Crippen molar-refractivity contribution in [1.29, 1.82) is 0 Å². The lowest BCUT2D eigenvalue weighted by molar-refractivity contribution is 0.0697. The molecule has 25 heavy (non-hydrogen) atoms. The van der Waals surface area contributed by atoms with Crippen molar-refractivity contribution in [3.05, 3.63) is 53.7 Å². The first-order valence-electron chi connectivity index (χ1n) is 7.92. The summed E-state index contributed by atoms with van der Waals surface area (Å²) in [5, 5.41) is 13.8. The second-order valence-corrected chi connectivity index (χ2v) is 5.59. The molecule has 0 aliphatic heterocycles. The second-order valence-electron chi connectivity index (χ2n) is 5.59. The molecule has 0 fully saturated rings. The SMILES string of the molecule is COc1cc(NCCc2c[nH]c3ccccc23)c(C(=O)O)cc1OC. The Morgan fingerprint density at radius 2 is 1.88 bits per heavy atom. The van der Waals surface area contributed by atoms with Crippen LogP contribution >= 0.6 is 0 Å². The van der Waals surface area contributed by atoms with Gasteiger partial charge in [0, 0.05) is 35.8 Å². The molecular weight excluding hydrogens is 320 g/mol. The topological polar surface area (TPSA) is 83.6 Å². The molecule has 6 nitrogen and oxygen atoms in total. The van der Waals surface area contributed by atoms with Crippen molar-refractivity contribution < 1.29 is 19.4 Å². The smallest absolute Gasteiger partial charge is 0.337 e. The van der Waals surface area contributed by atoms with Crippen LogP contribution in [0.15, 0.2) is 42.6 Å². The number of ether oxygens (including phenoxy) is 2. The van der Waals surface area contributed by atoms with Gasteiger partial charge in [-0.2, -0.15) is 0 Å². The normalized spacial score (nSPS) is 10.6. The zero-order valence-corrected chi connectivity index (χ0v) is 14.1. The van der Waals surface area contributed by atoms with E-state index in [2.05, 4.69) is 16.4 Å². The van der Waals surface area contributed by atoms with Crippen LogP contribution in [0.3, 0.4) is 0 Å². The Morgan fingerprint density at radius 3 is 2.60 bits per heavy atom. The number of hydrogen-bond donors (Lipinski definition) is 3. The molecule has 0 unspecified atom stereocenters. The predicted octanol–water partition coefficient (Wildman–Crippen LogP) is 3.54. The maximum atomic E-state index is 11.5. The molecule has 0 amide bonds. The van der Waals surface area contributed by atoms with Gasteiger partial charge in [-0.3, -0.25) is 0 Å². The van der Waals surface area contributed by atoms with Crippen molar-refractivity contribution in [2.24, 2.45) is 0 Å². The molecule has 0 spiro atoms. The molecule has 2 aromatic carbocycles. The summed E-state index contributed by atoms with van der Waals surface area (Å²) in [6.07, 6.45) is 2.75. The van der Waals surface area contributed by atoms with Crippen molar-refractivity contribution in [2.45, 2.75) is 6.42 Å². The van der Waals surface area contributed by atoms with E-state index in [1.807, 2.05) is 24.4 Å². The van der Waals surface area contributed by atoms with Gasteiger partial charge < -0.3 is 24.9 Å². The molecule has 0 atom stereocenters. The number of aromatic carboxylic acids is 1. The first kappa shape index (κ1) is 16.7. The zero-order chi connectivity index (χ0) is 17.8. The monoisotopic (exact) mass is 340 g/mol. The Bertz CT molecular complexity index is 902. The third-order valence-corrected chi connectivity index (χ3v) is 4.14. The Hall–Kier alpha value is -3.15. The molecular formula is C19H20N2O4. The summed E-state index contributed by atoms with van der Waals surface area (Å²) < 4.78 is 10.4. The lowest BCUT2D eigenvalue weighted by Crippen LogP contribution is -2.10. The van der Waals surface area contributed by atoms with Crippen molar-refractivity contribution in [3.8, 4) is 11.5 Å². The van der Waals surface area contributed by atoms with Crippen molar-refractivity contribution >= 4 is 22.6 Å². The molecule has 3 aromatic rings. The second kappa shape index (κ2) is 7.17. The molecule has 3 N–H and O–H groups in total. The molecule has 0 saturated heterocycles. The van der Waals surface area contributed by atoms with Gasteiger partial charge in [-0.15, -0.1) is 0 Å². The molecule has 1 aromatic heterocycles. The van der Waals surface area contributed by atoms with Crippen LogP contribution < -0.4 is 14.8 Å². The fourth-order valence-electron chi connectivity index (χ4n) is 2.87. The number of carboxylic acids is 1. The number of rotatable bonds is 7. The number of methoxy groups -OCH3 is 2. The summed E-state index contributed by atoms with van der Waals surface area (Å²) in [7, 11) is 3.00. The van der Waals surface area contributed by atoms with Gasteiger partial charge in [0.05, 0.1) is 25.5 Å². The molecule has 0 aliphatic rings. The third kappa shape index (κ3) is 3.38. The maximum Gasteiger partial charge on any atom is 0.337 e. The van der Waals surface area contributed by atoms with Gasteiger partial charge in [0.15, 0.2) is 11.5 Å². The van der Waals surface area contributed by atoms with Gasteiger partial charge >= 0.3 is 5.97 Å². The highest BCUT2D eigenvalue weighted by atomic mass is 16.5. The van der Waals surface area contributed by atoms with Gasteiger partial charge in [0.2, 0.25) is 0 Å². The van der Waals surface area contributed by atoms with Crippen molar-refractivity contribution in [2.75, 3.05) is 26.1 Å². The first-order valence-corrected chi connectivity index (χ1v) is 7.92.